The van der Waals surface area contributed by atoms with Crippen LogP contribution in [0.3, 0.4) is 0 Å². The standard InChI is InChI=1S/C28H26N6O3S/c35-26-25(38-28(36)33-26)14-21-7-10-30-27(32-21)34-11-8-18(9-12-34)15-29-16-19-5-6-22(31-17-19)24-13-20-3-1-2-4-23(20)37-24/h1-7,10,13-14,17-18,29H,8-9,11-12,15-16H2,(H,33,35,36). The Labute approximate surface area is 223 Å². The lowest BCUT2D eigenvalue weighted by molar-refractivity contribution is -0.115. The summed E-state index contributed by atoms with van der Waals surface area (Å²) in [6, 6.07) is 15.8. The van der Waals surface area contributed by atoms with Crippen LogP contribution in [-0.4, -0.2) is 45.7 Å². The number of para-hydroxylation sites is 1. The normalized spacial score (nSPS) is 17.5. The first-order valence-electron chi connectivity index (χ1n) is 12.6. The van der Waals surface area contributed by atoms with Gasteiger partial charge in [-0.1, -0.05) is 24.3 Å². The van der Waals surface area contributed by atoms with Crippen molar-refractivity contribution in [3.63, 3.8) is 0 Å². The molecule has 3 aromatic heterocycles. The van der Waals surface area contributed by atoms with Crippen LogP contribution in [0.25, 0.3) is 28.5 Å². The molecule has 10 heteroatoms. The fraction of sp³-hybridized carbons (Fsp3) is 0.250. The lowest BCUT2D eigenvalue weighted by Crippen LogP contribution is -2.38. The number of carbonyl (C=O) groups excluding carboxylic acids is 2. The smallest absolute Gasteiger partial charge is 0.290 e. The fourth-order valence-corrected chi connectivity index (χ4v) is 5.36. The van der Waals surface area contributed by atoms with E-state index in [-0.39, 0.29) is 11.1 Å². The average Bonchev–Trinajstić information content (AvgIpc) is 3.51. The van der Waals surface area contributed by atoms with E-state index >= 15 is 0 Å². The zero-order valence-corrected chi connectivity index (χ0v) is 21.4. The summed E-state index contributed by atoms with van der Waals surface area (Å²) in [5.41, 5.74) is 3.45. The van der Waals surface area contributed by atoms with Crippen LogP contribution in [0, 0.1) is 5.92 Å². The monoisotopic (exact) mass is 526 g/mol. The maximum absolute atomic E-state index is 11.8. The molecule has 6 rings (SSSR count). The topological polar surface area (TPSA) is 113 Å². The first-order chi connectivity index (χ1) is 18.6. The first-order valence-corrected chi connectivity index (χ1v) is 13.4. The highest BCUT2D eigenvalue weighted by Crippen LogP contribution is 2.27. The van der Waals surface area contributed by atoms with Gasteiger partial charge < -0.3 is 14.6 Å². The molecule has 2 amide bonds. The molecule has 0 unspecified atom stereocenters. The van der Waals surface area contributed by atoms with Crippen molar-refractivity contribution in [1.82, 2.24) is 25.6 Å². The number of imide groups is 1. The molecule has 2 fully saturated rings. The van der Waals surface area contributed by atoms with E-state index in [1.54, 1.807) is 18.3 Å². The van der Waals surface area contributed by atoms with Gasteiger partial charge in [0.1, 0.15) is 11.3 Å². The number of aromatic nitrogens is 3. The first kappa shape index (κ1) is 24.3. The minimum absolute atomic E-state index is 0.351. The summed E-state index contributed by atoms with van der Waals surface area (Å²) in [5, 5.41) is 6.55. The Kier molecular flexibility index (Phi) is 6.89. The molecule has 0 saturated carbocycles. The number of hydrogen-bond acceptors (Lipinski definition) is 9. The lowest BCUT2D eigenvalue weighted by Gasteiger charge is -2.32. The van der Waals surface area contributed by atoms with E-state index in [4.69, 9.17) is 4.42 Å². The third-order valence-corrected chi connectivity index (χ3v) is 7.56. The number of rotatable bonds is 7. The Bertz CT molecular complexity index is 1480. The van der Waals surface area contributed by atoms with Gasteiger partial charge in [-0.25, -0.2) is 9.97 Å². The van der Waals surface area contributed by atoms with Gasteiger partial charge in [-0.3, -0.25) is 19.9 Å². The van der Waals surface area contributed by atoms with Crippen LogP contribution < -0.4 is 15.5 Å². The number of anilines is 1. The number of nitrogens with one attached hydrogen (secondary N) is 2. The molecule has 4 aromatic rings. The van der Waals surface area contributed by atoms with E-state index < -0.39 is 0 Å². The largest absolute Gasteiger partial charge is 0.454 e. The molecule has 0 aliphatic carbocycles. The van der Waals surface area contributed by atoms with Crippen molar-refractivity contribution in [3.8, 4) is 11.5 Å². The van der Waals surface area contributed by atoms with E-state index in [1.807, 2.05) is 42.6 Å². The van der Waals surface area contributed by atoms with Gasteiger partial charge in [-0.2, -0.15) is 0 Å². The van der Waals surface area contributed by atoms with Crippen LogP contribution in [0.2, 0.25) is 0 Å². The number of thioether (sulfide) groups is 1. The Morgan fingerprint density at radius 3 is 2.74 bits per heavy atom. The van der Waals surface area contributed by atoms with E-state index in [0.29, 0.717) is 22.5 Å². The number of nitrogens with zero attached hydrogens (tertiary/aromatic N) is 4. The molecule has 0 radical (unpaired) electrons. The van der Waals surface area contributed by atoms with Crippen LogP contribution in [0.15, 0.2) is 70.2 Å². The van der Waals surface area contributed by atoms with Gasteiger partial charge in [0, 0.05) is 37.4 Å². The summed E-state index contributed by atoms with van der Waals surface area (Å²) in [6.07, 6.45) is 7.30. The third-order valence-electron chi connectivity index (χ3n) is 6.75. The van der Waals surface area contributed by atoms with Crippen molar-refractivity contribution in [1.29, 1.82) is 0 Å². The van der Waals surface area contributed by atoms with Gasteiger partial charge >= 0.3 is 0 Å². The number of furan rings is 1. The Hall–Kier alpha value is -4.02. The molecule has 38 heavy (non-hydrogen) atoms. The second-order valence-corrected chi connectivity index (χ2v) is 10.4. The van der Waals surface area contributed by atoms with Gasteiger partial charge in [0.2, 0.25) is 5.95 Å². The second kappa shape index (κ2) is 10.8. The summed E-state index contributed by atoms with van der Waals surface area (Å²) in [6.45, 7) is 3.44. The second-order valence-electron chi connectivity index (χ2n) is 9.40. The number of piperidine rings is 1. The summed E-state index contributed by atoms with van der Waals surface area (Å²) >= 11 is 0.889. The van der Waals surface area contributed by atoms with Crippen LogP contribution in [0.4, 0.5) is 10.7 Å². The van der Waals surface area contributed by atoms with Crippen molar-refractivity contribution in [3.05, 3.63) is 77.1 Å². The fourth-order valence-electron chi connectivity index (χ4n) is 4.69. The number of pyridine rings is 1. The zero-order chi connectivity index (χ0) is 25.9. The third kappa shape index (κ3) is 5.46. The number of benzene rings is 1. The Balaban J connectivity index is 0.980. The number of fused-ring (bicyclic) bond motifs is 1. The molecule has 192 valence electrons. The lowest BCUT2D eigenvalue weighted by atomic mass is 9.97. The average molecular weight is 527 g/mol. The summed E-state index contributed by atoms with van der Waals surface area (Å²) in [7, 11) is 0. The van der Waals surface area contributed by atoms with Gasteiger partial charge in [-0.05, 0) is 73.0 Å². The van der Waals surface area contributed by atoms with Crippen molar-refractivity contribution >= 4 is 45.9 Å². The SMILES string of the molecule is O=C1NC(=O)C(=Cc2ccnc(N3CCC(CNCc4ccc(-c5cc6ccccc6o5)nc4)CC3)n2)S1. The molecule has 2 aliphatic heterocycles. The van der Waals surface area contributed by atoms with Crippen molar-refractivity contribution in [2.75, 3.05) is 24.5 Å². The van der Waals surface area contributed by atoms with E-state index in [0.717, 1.165) is 78.8 Å². The predicted octanol–water partition coefficient (Wildman–Crippen LogP) is 4.61. The number of amides is 2. The molecule has 0 atom stereocenters. The zero-order valence-electron chi connectivity index (χ0n) is 20.6. The van der Waals surface area contributed by atoms with E-state index in [9.17, 15) is 9.59 Å². The highest BCUT2D eigenvalue weighted by molar-refractivity contribution is 8.18. The molecule has 1 aromatic carbocycles. The summed E-state index contributed by atoms with van der Waals surface area (Å²) in [5.74, 6) is 1.62. The molecule has 2 aliphatic rings. The van der Waals surface area contributed by atoms with Gasteiger partial charge in [0.25, 0.3) is 11.1 Å². The number of hydrogen-bond donors (Lipinski definition) is 2. The molecule has 0 bridgehead atoms. The highest BCUT2D eigenvalue weighted by Gasteiger charge is 2.25. The van der Waals surface area contributed by atoms with Crippen LogP contribution in [0.1, 0.15) is 24.1 Å². The highest BCUT2D eigenvalue weighted by atomic mass is 32.2. The maximum Gasteiger partial charge on any atom is 0.290 e. The molecule has 2 N–H and O–H groups in total. The summed E-state index contributed by atoms with van der Waals surface area (Å²) in [4.78, 5) is 39.3. The predicted molar refractivity (Wildman–Crippen MR) is 147 cm³/mol. The van der Waals surface area contributed by atoms with Crippen molar-refractivity contribution in [2.24, 2.45) is 5.92 Å². The van der Waals surface area contributed by atoms with Gasteiger partial charge in [0.05, 0.1) is 10.6 Å². The Morgan fingerprint density at radius 1 is 1.11 bits per heavy atom. The number of carbonyl (C=O) groups is 2. The van der Waals surface area contributed by atoms with Crippen molar-refractivity contribution < 1.29 is 14.0 Å². The molecule has 0 spiro atoms. The van der Waals surface area contributed by atoms with Crippen LogP contribution in [0.5, 0.6) is 0 Å². The van der Waals surface area contributed by atoms with Crippen LogP contribution in [-0.2, 0) is 11.3 Å². The van der Waals surface area contributed by atoms with Gasteiger partial charge in [0.15, 0.2) is 5.76 Å². The van der Waals surface area contributed by atoms with E-state index in [2.05, 4.69) is 36.6 Å². The van der Waals surface area contributed by atoms with E-state index in [1.165, 1.54) is 0 Å². The molecular weight excluding hydrogens is 500 g/mol. The minimum atomic E-state index is -0.383. The van der Waals surface area contributed by atoms with Crippen molar-refractivity contribution in [2.45, 2.75) is 19.4 Å². The minimum Gasteiger partial charge on any atom is -0.454 e. The van der Waals surface area contributed by atoms with Gasteiger partial charge in [-0.15, -0.1) is 0 Å². The molecule has 9 nitrogen and oxygen atoms in total. The maximum atomic E-state index is 11.8. The Morgan fingerprint density at radius 2 is 1.97 bits per heavy atom. The molecule has 2 saturated heterocycles. The molecule has 5 heterocycles. The summed E-state index contributed by atoms with van der Waals surface area (Å²) < 4.78 is 5.92. The quantitative estimate of drug-likeness (QED) is 0.333. The molecular formula is C28H26N6O3S. The van der Waals surface area contributed by atoms with Crippen LogP contribution >= 0.6 is 11.8 Å².